The van der Waals surface area contributed by atoms with Crippen molar-refractivity contribution in [1.29, 1.82) is 0 Å². The van der Waals surface area contributed by atoms with Crippen molar-refractivity contribution in [2.45, 2.75) is 11.8 Å². The average Bonchev–Trinajstić information content (AvgIpc) is 2.76. The molecular formula is C11H10N2O. The summed E-state index contributed by atoms with van der Waals surface area (Å²) in [7, 11) is 0. The highest BCUT2D eigenvalue weighted by atomic mass is 16.2. The van der Waals surface area contributed by atoms with Gasteiger partial charge in [-0.05, 0) is 18.1 Å². The van der Waals surface area contributed by atoms with E-state index >= 15 is 0 Å². The number of fused-ring (bicyclic) bond motifs is 2. The van der Waals surface area contributed by atoms with E-state index in [1.807, 2.05) is 24.3 Å². The number of hydrogen-bond acceptors (Lipinski definition) is 2. The number of carbonyl (C=O) groups is 1. The van der Waals surface area contributed by atoms with Crippen LogP contribution in [0.3, 0.4) is 0 Å². The highest BCUT2D eigenvalue weighted by Crippen LogP contribution is 2.40. The molecule has 1 atom stereocenters. The second-order valence-corrected chi connectivity index (χ2v) is 3.75. The first-order valence-corrected chi connectivity index (χ1v) is 4.76. The van der Waals surface area contributed by atoms with Crippen molar-refractivity contribution in [2.24, 2.45) is 4.99 Å². The van der Waals surface area contributed by atoms with E-state index in [1.54, 1.807) is 6.21 Å². The molecule has 0 radical (unpaired) electrons. The van der Waals surface area contributed by atoms with Crippen molar-refractivity contribution < 1.29 is 4.79 Å². The zero-order valence-electron chi connectivity index (χ0n) is 7.66. The Morgan fingerprint density at radius 2 is 2.21 bits per heavy atom. The van der Waals surface area contributed by atoms with Crippen molar-refractivity contribution in [3.8, 4) is 0 Å². The van der Waals surface area contributed by atoms with Crippen molar-refractivity contribution in [2.75, 3.05) is 6.54 Å². The van der Waals surface area contributed by atoms with Crippen LogP contribution in [0.1, 0.15) is 12.0 Å². The third kappa shape index (κ3) is 0.769. The van der Waals surface area contributed by atoms with E-state index in [9.17, 15) is 4.79 Å². The number of para-hydroxylation sites is 1. The summed E-state index contributed by atoms with van der Waals surface area (Å²) in [5.74, 6) is 0.0891. The maximum absolute atomic E-state index is 11.8. The van der Waals surface area contributed by atoms with Gasteiger partial charge in [0, 0.05) is 12.8 Å². The first-order valence-electron chi connectivity index (χ1n) is 4.76. The van der Waals surface area contributed by atoms with Crippen LogP contribution in [0.15, 0.2) is 29.3 Å². The quantitative estimate of drug-likeness (QED) is 0.649. The van der Waals surface area contributed by atoms with Gasteiger partial charge in [0.05, 0.1) is 5.69 Å². The summed E-state index contributed by atoms with van der Waals surface area (Å²) in [6, 6.07) is 7.85. The minimum absolute atomic E-state index is 0.0891. The molecule has 0 aliphatic carbocycles. The number of aliphatic imine (C=N–C) groups is 1. The summed E-state index contributed by atoms with van der Waals surface area (Å²) >= 11 is 0. The van der Waals surface area contributed by atoms with Crippen molar-refractivity contribution in [3.63, 3.8) is 0 Å². The van der Waals surface area contributed by atoms with Gasteiger partial charge >= 0.3 is 0 Å². The zero-order chi connectivity index (χ0) is 9.60. The molecule has 2 aliphatic rings. The Kier molecular flexibility index (Phi) is 1.35. The van der Waals surface area contributed by atoms with Crippen LogP contribution < -0.4 is 5.32 Å². The van der Waals surface area contributed by atoms with Gasteiger partial charge in [-0.25, -0.2) is 0 Å². The third-order valence-corrected chi connectivity index (χ3v) is 3.02. The molecule has 1 aromatic rings. The average molecular weight is 186 g/mol. The van der Waals surface area contributed by atoms with Crippen LogP contribution in [0.4, 0.5) is 5.69 Å². The Morgan fingerprint density at radius 3 is 3.00 bits per heavy atom. The van der Waals surface area contributed by atoms with E-state index in [-0.39, 0.29) is 5.91 Å². The molecule has 1 fully saturated rings. The summed E-state index contributed by atoms with van der Waals surface area (Å²) in [5.41, 5.74) is 1.52. The molecule has 0 saturated carbocycles. The molecule has 1 aromatic carbocycles. The van der Waals surface area contributed by atoms with Crippen LogP contribution in [0.25, 0.3) is 0 Å². The molecule has 3 heteroatoms. The fourth-order valence-electron chi connectivity index (χ4n) is 2.24. The maximum atomic E-state index is 11.8. The van der Waals surface area contributed by atoms with E-state index in [2.05, 4.69) is 10.3 Å². The number of rotatable bonds is 0. The first kappa shape index (κ1) is 7.74. The highest BCUT2D eigenvalue weighted by Gasteiger charge is 2.46. The van der Waals surface area contributed by atoms with Gasteiger partial charge in [-0.15, -0.1) is 0 Å². The van der Waals surface area contributed by atoms with E-state index in [0.29, 0.717) is 0 Å². The smallest absolute Gasteiger partial charge is 0.236 e. The SMILES string of the molecule is O=C1NCCC12C=Nc1ccccc12. The normalized spacial score (nSPS) is 28.1. The molecule has 2 aliphatic heterocycles. The topological polar surface area (TPSA) is 41.5 Å². The predicted octanol–water partition coefficient (Wildman–Crippen LogP) is 1.16. The summed E-state index contributed by atoms with van der Waals surface area (Å²) < 4.78 is 0. The fraction of sp³-hybridized carbons (Fsp3) is 0.273. The van der Waals surface area contributed by atoms with Crippen LogP contribution in [-0.4, -0.2) is 18.7 Å². The van der Waals surface area contributed by atoms with Crippen molar-refractivity contribution in [3.05, 3.63) is 29.8 Å². The van der Waals surface area contributed by atoms with E-state index < -0.39 is 5.41 Å². The predicted molar refractivity (Wildman–Crippen MR) is 53.9 cm³/mol. The lowest BCUT2D eigenvalue weighted by Crippen LogP contribution is -2.35. The largest absolute Gasteiger partial charge is 0.355 e. The molecule has 70 valence electrons. The van der Waals surface area contributed by atoms with Crippen molar-refractivity contribution >= 4 is 17.8 Å². The number of nitrogens with zero attached hydrogens (tertiary/aromatic N) is 1. The Morgan fingerprint density at radius 1 is 1.36 bits per heavy atom. The van der Waals surface area contributed by atoms with Crippen LogP contribution >= 0.6 is 0 Å². The van der Waals surface area contributed by atoms with Crippen LogP contribution in [0.2, 0.25) is 0 Å². The van der Waals surface area contributed by atoms with E-state index in [1.165, 1.54) is 0 Å². The lowest BCUT2D eigenvalue weighted by molar-refractivity contribution is -0.121. The van der Waals surface area contributed by atoms with Gasteiger partial charge < -0.3 is 5.32 Å². The Hall–Kier alpha value is -1.64. The molecule has 0 aromatic heterocycles. The Labute approximate surface area is 81.9 Å². The molecule has 1 unspecified atom stereocenters. The summed E-state index contributed by atoms with van der Waals surface area (Å²) in [6.45, 7) is 0.749. The molecule has 1 spiro atoms. The van der Waals surface area contributed by atoms with Gasteiger partial charge in [0.1, 0.15) is 5.41 Å². The van der Waals surface area contributed by atoms with Gasteiger partial charge in [0.25, 0.3) is 0 Å². The molecular weight excluding hydrogens is 176 g/mol. The minimum atomic E-state index is -0.462. The molecule has 0 bridgehead atoms. The summed E-state index contributed by atoms with van der Waals surface area (Å²) in [4.78, 5) is 16.1. The standard InChI is InChI=1S/C11H10N2O/c14-10-11(5-6-12-10)7-13-9-4-2-1-3-8(9)11/h1-4,7H,5-6H2,(H,12,14). The number of benzene rings is 1. The third-order valence-electron chi connectivity index (χ3n) is 3.02. The van der Waals surface area contributed by atoms with Crippen LogP contribution in [0.5, 0.6) is 0 Å². The lowest BCUT2D eigenvalue weighted by atomic mass is 9.81. The molecule has 1 amide bonds. The number of hydrogen-bond donors (Lipinski definition) is 1. The van der Waals surface area contributed by atoms with Crippen LogP contribution in [-0.2, 0) is 10.2 Å². The second kappa shape index (κ2) is 2.44. The summed E-state index contributed by atoms with van der Waals surface area (Å²) in [6.07, 6.45) is 2.62. The van der Waals surface area contributed by atoms with E-state index in [0.717, 1.165) is 24.2 Å². The molecule has 3 rings (SSSR count). The number of carbonyl (C=O) groups excluding carboxylic acids is 1. The maximum Gasteiger partial charge on any atom is 0.236 e. The molecule has 14 heavy (non-hydrogen) atoms. The highest BCUT2D eigenvalue weighted by molar-refractivity contribution is 6.10. The monoisotopic (exact) mass is 186 g/mol. The number of nitrogens with one attached hydrogen (secondary N) is 1. The van der Waals surface area contributed by atoms with Gasteiger partial charge in [-0.3, -0.25) is 9.79 Å². The zero-order valence-corrected chi connectivity index (χ0v) is 7.66. The molecule has 1 saturated heterocycles. The van der Waals surface area contributed by atoms with Crippen LogP contribution in [0, 0.1) is 0 Å². The first-order chi connectivity index (χ1) is 6.83. The van der Waals surface area contributed by atoms with Crippen molar-refractivity contribution in [1.82, 2.24) is 5.32 Å². The fourth-order valence-corrected chi connectivity index (χ4v) is 2.24. The lowest BCUT2D eigenvalue weighted by Gasteiger charge is -2.17. The van der Waals surface area contributed by atoms with E-state index in [4.69, 9.17) is 0 Å². The Bertz CT molecular complexity index is 439. The molecule has 1 N–H and O–H groups in total. The van der Waals surface area contributed by atoms with Gasteiger partial charge in [-0.1, -0.05) is 18.2 Å². The minimum Gasteiger partial charge on any atom is -0.355 e. The summed E-state index contributed by atoms with van der Waals surface area (Å²) in [5, 5.41) is 2.86. The molecule has 3 nitrogen and oxygen atoms in total. The van der Waals surface area contributed by atoms with Gasteiger partial charge in [0.15, 0.2) is 0 Å². The van der Waals surface area contributed by atoms with Gasteiger partial charge in [0.2, 0.25) is 5.91 Å². The number of amides is 1. The molecule has 2 heterocycles. The second-order valence-electron chi connectivity index (χ2n) is 3.75. The Balaban J connectivity index is 2.22. The van der Waals surface area contributed by atoms with Gasteiger partial charge in [-0.2, -0.15) is 0 Å².